The fourth-order valence-corrected chi connectivity index (χ4v) is 4.41. The minimum Gasteiger partial charge on any atom is -0.491 e. The zero-order valence-electron chi connectivity index (χ0n) is 20.1. The molecule has 0 aliphatic heterocycles. The van der Waals surface area contributed by atoms with Crippen molar-refractivity contribution in [2.24, 2.45) is 0 Å². The molecule has 0 bridgehead atoms. The lowest BCUT2D eigenvalue weighted by molar-refractivity contribution is 0.0328. The van der Waals surface area contributed by atoms with E-state index in [1.165, 1.54) is 0 Å². The molecular weight excluding hydrogens is 493 g/mol. The Hall–Kier alpha value is -2.43. The number of nitrogens with zero attached hydrogens (tertiary/aromatic N) is 3. The van der Waals surface area contributed by atoms with Crippen molar-refractivity contribution < 1.29 is 19.1 Å². The number of aliphatic hydroxyl groups excluding tert-OH is 1. The van der Waals surface area contributed by atoms with Crippen LogP contribution >= 0.6 is 23.2 Å². The number of nitrogens with one attached hydrogen (secondary N) is 2. The first kappa shape index (κ1) is 25.7. The molecule has 2 aromatic heterocycles. The molecule has 1 atom stereocenters. The lowest BCUT2D eigenvalue weighted by Gasteiger charge is -2.35. The molecule has 188 valence electrons. The van der Waals surface area contributed by atoms with Crippen LogP contribution in [-0.4, -0.2) is 65.8 Å². The standard InChI is InChI=1S/C24H29Cl2N5O4/c1-12-20(13(2)35-31-12)22-21(26)24(28-14-7-17(8-14)33-4)30-23(29-22)18-9-16(5-6-19(18)25)34-11-15(32)10-27-3/h5-6,9,14-15,17,27,32H,7-8,10-11H2,1-4H3,(H,28,29,30). The van der Waals surface area contributed by atoms with Crippen molar-refractivity contribution in [1.82, 2.24) is 20.4 Å². The summed E-state index contributed by atoms with van der Waals surface area (Å²) in [5.74, 6) is 2.01. The maximum absolute atomic E-state index is 9.98. The molecule has 1 aliphatic carbocycles. The number of aromatic nitrogens is 3. The van der Waals surface area contributed by atoms with Crippen molar-refractivity contribution in [2.45, 2.75) is 44.9 Å². The van der Waals surface area contributed by atoms with Gasteiger partial charge in [-0.1, -0.05) is 28.4 Å². The highest BCUT2D eigenvalue weighted by molar-refractivity contribution is 6.35. The summed E-state index contributed by atoms with van der Waals surface area (Å²) in [5.41, 5.74) is 2.46. The van der Waals surface area contributed by atoms with E-state index in [2.05, 4.69) is 15.8 Å². The summed E-state index contributed by atoms with van der Waals surface area (Å²) < 4.78 is 16.5. The van der Waals surface area contributed by atoms with Crippen LogP contribution in [0, 0.1) is 13.8 Å². The number of aryl methyl sites for hydroxylation is 2. The van der Waals surface area contributed by atoms with E-state index in [0.29, 0.717) is 62.3 Å². The normalized spacial score (nSPS) is 18.3. The molecule has 0 amide bonds. The Morgan fingerprint density at radius 3 is 2.66 bits per heavy atom. The first-order valence-corrected chi connectivity index (χ1v) is 12.1. The fraction of sp³-hybridized carbons (Fsp3) is 0.458. The highest BCUT2D eigenvalue weighted by Crippen LogP contribution is 2.40. The number of benzene rings is 1. The number of methoxy groups -OCH3 is 1. The van der Waals surface area contributed by atoms with E-state index in [1.807, 2.05) is 13.8 Å². The second kappa shape index (κ2) is 11.1. The van der Waals surface area contributed by atoms with Gasteiger partial charge in [-0.05, 0) is 51.9 Å². The fourth-order valence-electron chi connectivity index (χ4n) is 3.97. The molecule has 3 N–H and O–H groups in total. The maximum Gasteiger partial charge on any atom is 0.163 e. The summed E-state index contributed by atoms with van der Waals surface area (Å²) in [6.07, 6.45) is 1.28. The van der Waals surface area contributed by atoms with Gasteiger partial charge in [0.2, 0.25) is 0 Å². The summed E-state index contributed by atoms with van der Waals surface area (Å²) in [6, 6.07) is 5.38. The molecule has 1 saturated carbocycles. The third-order valence-electron chi connectivity index (χ3n) is 5.95. The largest absolute Gasteiger partial charge is 0.491 e. The monoisotopic (exact) mass is 521 g/mol. The maximum atomic E-state index is 9.98. The molecule has 35 heavy (non-hydrogen) atoms. The van der Waals surface area contributed by atoms with Crippen LogP contribution in [0.1, 0.15) is 24.3 Å². The van der Waals surface area contributed by atoms with Gasteiger partial charge < -0.3 is 29.7 Å². The molecule has 9 nitrogen and oxygen atoms in total. The molecule has 2 heterocycles. The van der Waals surface area contributed by atoms with Crippen LogP contribution in [0.25, 0.3) is 22.6 Å². The van der Waals surface area contributed by atoms with E-state index in [9.17, 15) is 5.11 Å². The van der Waals surface area contributed by atoms with Gasteiger partial charge in [-0.3, -0.25) is 0 Å². The van der Waals surface area contributed by atoms with Crippen LogP contribution in [0.2, 0.25) is 10.0 Å². The SMILES string of the molecule is CNCC(O)COc1ccc(Cl)c(-c2nc(NC3CC(OC)C3)c(Cl)c(-c3c(C)noc3C)n2)c1. The summed E-state index contributed by atoms with van der Waals surface area (Å²) in [6.45, 7) is 4.20. The number of halogens is 2. The molecular formula is C24H29Cl2N5O4. The van der Waals surface area contributed by atoms with Gasteiger partial charge in [0.05, 0.1) is 22.4 Å². The van der Waals surface area contributed by atoms with E-state index < -0.39 is 6.10 Å². The number of hydrogen-bond donors (Lipinski definition) is 3. The van der Waals surface area contributed by atoms with Gasteiger partial charge in [0, 0.05) is 25.3 Å². The molecule has 1 aromatic carbocycles. The van der Waals surface area contributed by atoms with E-state index in [1.54, 1.807) is 32.4 Å². The van der Waals surface area contributed by atoms with Crippen LogP contribution < -0.4 is 15.4 Å². The highest BCUT2D eigenvalue weighted by atomic mass is 35.5. The van der Waals surface area contributed by atoms with Crippen LogP contribution in [-0.2, 0) is 4.74 Å². The first-order valence-electron chi connectivity index (χ1n) is 11.4. The van der Waals surface area contributed by atoms with Gasteiger partial charge in [-0.15, -0.1) is 0 Å². The van der Waals surface area contributed by atoms with Crippen LogP contribution in [0.3, 0.4) is 0 Å². The number of likely N-dealkylation sites (N-methyl/N-ethyl adjacent to an activating group) is 1. The topological polar surface area (TPSA) is 115 Å². The molecule has 0 spiro atoms. The third-order valence-corrected chi connectivity index (χ3v) is 6.64. The van der Waals surface area contributed by atoms with Gasteiger partial charge in [0.25, 0.3) is 0 Å². The molecule has 3 aromatic rings. The van der Waals surface area contributed by atoms with Crippen LogP contribution in [0.4, 0.5) is 5.82 Å². The Morgan fingerprint density at radius 1 is 1.23 bits per heavy atom. The summed E-state index contributed by atoms with van der Waals surface area (Å²) >= 11 is 13.4. The van der Waals surface area contributed by atoms with Crippen molar-refractivity contribution in [3.8, 4) is 28.4 Å². The summed E-state index contributed by atoms with van der Waals surface area (Å²) in [5, 5.41) is 21.2. The summed E-state index contributed by atoms with van der Waals surface area (Å²) in [4.78, 5) is 9.50. The van der Waals surface area contributed by atoms with Crippen LogP contribution in [0.5, 0.6) is 5.75 Å². The molecule has 1 fully saturated rings. The van der Waals surface area contributed by atoms with Crippen molar-refractivity contribution in [2.75, 3.05) is 32.6 Å². The number of aliphatic hydroxyl groups is 1. The lowest BCUT2D eigenvalue weighted by atomic mass is 9.89. The number of anilines is 1. The minimum absolute atomic E-state index is 0.128. The molecule has 11 heteroatoms. The Kier molecular flexibility index (Phi) is 8.13. The Morgan fingerprint density at radius 2 is 2.00 bits per heavy atom. The van der Waals surface area contributed by atoms with Gasteiger partial charge in [-0.25, -0.2) is 9.97 Å². The Labute approximate surface area is 214 Å². The van der Waals surface area contributed by atoms with Gasteiger partial charge in [0.15, 0.2) is 5.82 Å². The average molecular weight is 522 g/mol. The van der Waals surface area contributed by atoms with Gasteiger partial charge in [-0.2, -0.15) is 0 Å². The first-order chi connectivity index (χ1) is 16.8. The van der Waals surface area contributed by atoms with Crippen molar-refractivity contribution in [3.05, 3.63) is 39.7 Å². The van der Waals surface area contributed by atoms with Gasteiger partial charge in [0.1, 0.15) is 40.8 Å². The zero-order valence-corrected chi connectivity index (χ0v) is 21.6. The van der Waals surface area contributed by atoms with E-state index in [0.717, 1.165) is 12.8 Å². The second-order valence-electron chi connectivity index (χ2n) is 8.59. The van der Waals surface area contributed by atoms with E-state index >= 15 is 0 Å². The molecule has 4 rings (SSSR count). The molecule has 0 radical (unpaired) electrons. The molecule has 1 unspecified atom stereocenters. The zero-order chi connectivity index (χ0) is 25.1. The number of rotatable bonds is 10. The van der Waals surface area contributed by atoms with E-state index in [-0.39, 0.29) is 18.8 Å². The summed E-state index contributed by atoms with van der Waals surface area (Å²) in [7, 11) is 3.48. The Balaban J connectivity index is 1.73. The molecule has 1 aliphatic rings. The highest BCUT2D eigenvalue weighted by Gasteiger charge is 2.31. The third kappa shape index (κ3) is 5.70. The average Bonchev–Trinajstić information content (AvgIpc) is 3.14. The lowest BCUT2D eigenvalue weighted by Crippen LogP contribution is -2.40. The predicted molar refractivity (Wildman–Crippen MR) is 135 cm³/mol. The number of hydrogen-bond acceptors (Lipinski definition) is 9. The van der Waals surface area contributed by atoms with Gasteiger partial charge >= 0.3 is 0 Å². The minimum atomic E-state index is -0.647. The van der Waals surface area contributed by atoms with Crippen molar-refractivity contribution >= 4 is 29.0 Å². The van der Waals surface area contributed by atoms with Crippen LogP contribution in [0.15, 0.2) is 22.7 Å². The number of ether oxygens (including phenoxy) is 2. The Bertz CT molecular complexity index is 1160. The smallest absolute Gasteiger partial charge is 0.163 e. The van der Waals surface area contributed by atoms with E-state index in [4.69, 9.17) is 47.2 Å². The quantitative estimate of drug-likeness (QED) is 0.359. The van der Waals surface area contributed by atoms with Crippen molar-refractivity contribution in [1.29, 1.82) is 0 Å². The second-order valence-corrected chi connectivity index (χ2v) is 9.38. The van der Waals surface area contributed by atoms with Crippen molar-refractivity contribution in [3.63, 3.8) is 0 Å². The molecule has 0 saturated heterocycles. The predicted octanol–water partition coefficient (Wildman–Crippen LogP) is 4.27.